The molecule has 81 heavy (non-hydrogen) atoms. The summed E-state index contributed by atoms with van der Waals surface area (Å²) in [6.07, 6.45) is 4.95. The molecule has 446 valence electrons. The first-order chi connectivity index (χ1) is 40.3. The van der Waals surface area contributed by atoms with Crippen LogP contribution in [0.25, 0.3) is 32.7 Å². The lowest BCUT2D eigenvalue weighted by atomic mass is 10.2. The summed E-state index contributed by atoms with van der Waals surface area (Å²) in [6, 6.07) is 29.4. The molecule has 0 amide bonds. The molecule has 3 aromatic carbocycles. The lowest BCUT2D eigenvalue weighted by Crippen LogP contribution is -2.29. The zero-order valence-electron chi connectivity index (χ0n) is 46.8. The van der Waals surface area contributed by atoms with Gasteiger partial charge in [-0.1, -0.05) is 54.6 Å². The van der Waals surface area contributed by atoms with Gasteiger partial charge >= 0.3 is 0 Å². The molecule has 1 atom stereocenters. The minimum absolute atomic E-state index is 0.315. The van der Waals surface area contributed by atoms with E-state index in [1.807, 2.05) is 91.0 Å². The molecule has 3 heterocycles. The molecule has 6 aromatic rings. The molecule has 21 nitrogen and oxygen atoms in total. The number of hydrogen-bond acceptors (Lipinski definition) is 21. The van der Waals surface area contributed by atoms with E-state index in [0.29, 0.717) is 217 Å². The van der Waals surface area contributed by atoms with Gasteiger partial charge < -0.3 is 85.3 Å². The van der Waals surface area contributed by atoms with Gasteiger partial charge in [0, 0.05) is 34.7 Å². The Morgan fingerprint density at radius 2 is 0.457 bits per heavy atom. The van der Waals surface area contributed by atoms with Crippen LogP contribution in [0.5, 0.6) is 17.2 Å². The van der Waals surface area contributed by atoms with Gasteiger partial charge in [0.25, 0.3) is 0 Å². The van der Waals surface area contributed by atoms with Crippen molar-refractivity contribution in [2.75, 3.05) is 211 Å². The molecule has 0 aliphatic rings. The van der Waals surface area contributed by atoms with Crippen LogP contribution in [0.15, 0.2) is 110 Å². The van der Waals surface area contributed by atoms with E-state index in [0.717, 1.165) is 44.2 Å². The topological polar surface area (TPSA) is 205 Å². The lowest BCUT2D eigenvalue weighted by molar-refractivity contribution is -0.0841. The summed E-state index contributed by atoms with van der Waals surface area (Å²) in [5.41, 5.74) is 2.51. The second kappa shape index (κ2) is 44.3. The zero-order valence-corrected chi connectivity index (χ0v) is 46.8. The fourth-order valence-corrected chi connectivity index (χ4v) is 7.58. The number of benzene rings is 3. The van der Waals surface area contributed by atoms with E-state index in [-0.39, 0.29) is 6.10 Å². The Kier molecular flexibility index (Phi) is 35.5. The molecule has 0 aliphatic carbocycles. The van der Waals surface area contributed by atoms with Gasteiger partial charge in [-0.15, -0.1) is 0 Å². The van der Waals surface area contributed by atoms with Crippen LogP contribution in [0.4, 0.5) is 0 Å². The van der Waals surface area contributed by atoms with E-state index in [1.165, 1.54) is 0 Å². The van der Waals surface area contributed by atoms with Crippen molar-refractivity contribution < 1.29 is 85.3 Å². The van der Waals surface area contributed by atoms with Gasteiger partial charge in [0.2, 0.25) is 0 Å². The van der Waals surface area contributed by atoms with Gasteiger partial charge in [-0.05, 0) is 36.4 Å². The van der Waals surface area contributed by atoms with E-state index in [9.17, 15) is 0 Å². The maximum absolute atomic E-state index is 6.08. The Bertz CT molecular complexity index is 2460. The molecular weight excluding hydrogens is 1050 g/mol. The van der Waals surface area contributed by atoms with Crippen LogP contribution in [-0.2, 0) is 71.1 Å². The number of para-hydroxylation sites is 3. The third kappa shape index (κ3) is 29.0. The predicted octanol–water partition coefficient (Wildman–Crippen LogP) is 6.49. The molecular formula is C60H83N3O18. The molecule has 1 unspecified atom stereocenters. The molecule has 0 saturated heterocycles. The van der Waals surface area contributed by atoms with Crippen molar-refractivity contribution in [1.29, 1.82) is 0 Å². The summed E-state index contributed by atoms with van der Waals surface area (Å²) in [4.78, 5) is 13.3. The fourth-order valence-electron chi connectivity index (χ4n) is 7.58. The third-order valence-electron chi connectivity index (χ3n) is 11.5. The van der Waals surface area contributed by atoms with Crippen LogP contribution in [0, 0.1) is 0 Å². The number of pyridine rings is 3. The van der Waals surface area contributed by atoms with Crippen molar-refractivity contribution in [2.24, 2.45) is 0 Å². The van der Waals surface area contributed by atoms with Crippen molar-refractivity contribution in [3.05, 3.63) is 110 Å². The Morgan fingerprint density at radius 1 is 0.235 bits per heavy atom. The Morgan fingerprint density at radius 3 is 0.741 bits per heavy atom. The van der Waals surface area contributed by atoms with Gasteiger partial charge in [0.15, 0.2) is 0 Å². The largest absolute Gasteiger partial charge is 0.489 e. The van der Waals surface area contributed by atoms with E-state index >= 15 is 0 Å². The molecule has 0 aliphatic heterocycles. The van der Waals surface area contributed by atoms with Crippen molar-refractivity contribution in [2.45, 2.75) is 6.10 Å². The first-order valence-corrected chi connectivity index (χ1v) is 27.9. The van der Waals surface area contributed by atoms with Gasteiger partial charge in [0.05, 0.1) is 192 Å². The van der Waals surface area contributed by atoms with Gasteiger partial charge in [-0.2, -0.15) is 0 Å². The predicted molar refractivity (Wildman–Crippen MR) is 303 cm³/mol. The Balaban J connectivity index is 0.677. The number of hydrogen-bond donors (Lipinski definition) is 0. The highest BCUT2D eigenvalue weighted by Gasteiger charge is 2.12. The molecule has 0 radical (unpaired) electrons. The Hall–Kier alpha value is -5.31. The van der Waals surface area contributed by atoms with Crippen molar-refractivity contribution in [3.63, 3.8) is 0 Å². The maximum Gasteiger partial charge on any atom is 0.145 e. The van der Waals surface area contributed by atoms with Gasteiger partial charge in [-0.3, -0.25) is 15.0 Å². The highest BCUT2D eigenvalue weighted by molar-refractivity contribution is 5.85. The second-order valence-corrected chi connectivity index (χ2v) is 17.5. The quantitative estimate of drug-likeness (QED) is 0.0375. The molecule has 21 heteroatoms. The van der Waals surface area contributed by atoms with E-state index in [4.69, 9.17) is 85.3 Å². The molecule has 0 N–H and O–H groups in total. The van der Waals surface area contributed by atoms with Gasteiger partial charge in [-0.25, -0.2) is 0 Å². The molecule has 3 aromatic heterocycles. The molecule has 0 spiro atoms. The maximum atomic E-state index is 6.08. The standard InChI is InChI=1S/C60H83N3O18/c1-7-51-10-4-16-61-58(51)55(13-1)79-46-42-74-37-34-70-29-26-66-20-19-64-23-24-68-31-32-72-39-40-76-49-54(50-77-44-48-81-57-15-3-9-53-12-6-18-63-60(53)57)78-45-41-73-36-33-69-28-25-65-21-22-67-27-30-71-35-38-75-43-47-80-56-14-2-8-52-11-5-17-62-59(52)56/h1-18,54H,19-50H2. The SMILES string of the molecule is c1cnc2c(OCCOCCOCCOCCOCCOCCOCCOCC(COCCOc3cccc4cccnc34)OCCOCCOCCOCCOCCOCCOCCOc3cccc4cccnc34)cccc2c1. The normalized spacial score (nSPS) is 12.0. The average molecular weight is 1130 g/mol. The van der Waals surface area contributed by atoms with Crippen LogP contribution in [0.3, 0.4) is 0 Å². The highest BCUT2D eigenvalue weighted by Crippen LogP contribution is 2.25. The van der Waals surface area contributed by atoms with Crippen molar-refractivity contribution in [1.82, 2.24) is 15.0 Å². The summed E-state index contributed by atoms with van der Waals surface area (Å²) < 4.78 is 103. The summed E-state index contributed by atoms with van der Waals surface area (Å²) >= 11 is 0. The molecule has 0 bridgehead atoms. The number of rotatable bonds is 53. The fraction of sp³-hybridized carbons (Fsp3) is 0.550. The number of fused-ring (bicyclic) bond motifs is 3. The average Bonchev–Trinajstić information content (AvgIpc) is 3.52. The van der Waals surface area contributed by atoms with Crippen molar-refractivity contribution >= 4 is 32.7 Å². The van der Waals surface area contributed by atoms with Crippen LogP contribution >= 0.6 is 0 Å². The first kappa shape index (κ1) is 64.9. The van der Waals surface area contributed by atoms with Crippen LogP contribution < -0.4 is 14.2 Å². The van der Waals surface area contributed by atoms with Crippen LogP contribution in [0.1, 0.15) is 0 Å². The van der Waals surface area contributed by atoms with Gasteiger partial charge in [0.1, 0.15) is 59.7 Å². The summed E-state index contributed by atoms with van der Waals surface area (Å²) in [5, 5.41) is 3.10. The minimum atomic E-state index is -0.320. The van der Waals surface area contributed by atoms with E-state index in [1.54, 1.807) is 18.6 Å². The second-order valence-electron chi connectivity index (χ2n) is 17.5. The smallest absolute Gasteiger partial charge is 0.145 e. The van der Waals surface area contributed by atoms with Crippen molar-refractivity contribution in [3.8, 4) is 17.2 Å². The minimum Gasteiger partial charge on any atom is -0.489 e. The van der Waals surface area contributed by atoms with E-state index in [2.05, 4.69) is 15.0 Å². The van der Waals surface area contributed by atoms with Crippen LogP contribution in [0.2, 0.25) is 0 Å². The molecule has 0 saturated carbocycles. The molecule has 0 fully saturated rings. The summed E-state index contributed by atoms with van der Waals surface area (Å²) in [5.74, 6) is 2.21. The lowest BCUT2D eigenvalue weighted by Gasteiger charge is -2.19. The van der Waals surface area contributed by atoms with E-state index < -0.39 is 0 Å². The number of ether oxygens (including phenoxy) is 18. The van der Waals surface area contributed by atoms with Crippen LogP contribution in [-0.4, -0.2) is 232 Å². The summed E-state index contributed by atoms with van der Waals surface area (Å²) in [6.45, 7) is 14.0. The summed E-state index contributed by atoms with van der Waals surface area (Å²) in [7, 11) is 0. The third-order valence-corrected chi connectivity index (χ3v) is 11.5. The molecule has 6 rings (SSSR count). The highest BCUT2D eigenvalue weighted by atomic mass is 16.6. The first-order valence-electron chi connectivity index (χ1n) is 27.9. The zero-order chi connectivity index (χ0) is 56.0. The number of aromatic nitrogens is 3. The Labute approximate surface area is 475 Å². The number of nitrogens with zero attached hydrogens (tertiary/aromatic N) is 3. The monoisotopic (exact) mass is 1130 g/mol.